The molecule has 2 aromatic carbocycles. The van der Waals surface area contributed by atoms with E-state index in [2.05, 4.69) is 51.9 Å². The van der Waals surface area contributed by atoms with Crippen LogP contribution in [0.2, 0.25) is 0 Å². The van der Waals surface area contributed by atoms with Crippen molar-refractivity contribution in [3.8, 4) is 22.8 Å². The zero-order chi connectivity index (χ0) is 24.5. The maximum Gasteiger partial charge on any atom is 0.394 e. The van der Waals surface area contributed by atoms with Crippen LogP contribution in [-0.2, 0) is 19.2 Å². The molecule has 0 fully saturated rings. The smallest absolute Gasteiger partial charge is 0.394 e. The van der Waals surface area contributed by atoms with Crippen molar-refractivity contribution in [3.05, 3.63) is 48.5 Å². The summed E-state index contributed by atoms with van der Waals surface area (Å²) in [4.78, 5) is 42.6. The number of aliphatic carboxylic acids is 2. The number of nitrogens with zero attached hydrogens (tertiary/aromatic N) is 6. The first-order chi connectivity index (χ1) is 16.3. The van der Waals surface area contributed by atoms with Crippen LogP contribution in [0.4, 0.5) is 11.4 Å². The molecule has 4 aromatic rings. The lowest BCUT2D eigenvalue weighted by molar-refractivity contribution is -0.147. The van der Waals surface area contributed by atoms with Crippen LogP contribution in [0.25, 0.3) is 22.8 Å². The quantitative estimate of drug-likeness (QED) is 0.214. The second-order valence-corrected chi connectivity index (χ2v) is 6.15. The SMILES string of the molecule is O=C(O)C(=O)Nc1cccc(-c2nn[nH]n2)c1.O=C(O)C(=O)Nc1cccc(-c2nn[nH]n2)c1. The molecule has 0 atom stereocenters. The molecule has 0 radical (unpaired) electrons. The highest BCUT2D eigenvalue weighted by Gasteiger charge is 2.13. The fraction of sp³-hybridized carbons (Fsp3) is 0. The summed E-state index contributed by atoms with van der Waals surface area (Å²) in [7, 11) is 0. The maximum atomic E-state index is 10.9. The van der Waals surface area contributed by atoms with Gasteiger partial charge in [0.15, 0.2) is 0 Å². The van der Waals surface area contributed by atoms with Gasteiger partial charge in [-0.1, -0.05) is 24.3 Å². The van der Waals surface area contributed by atoms with Gasteiger partial charge in [-0.15, -0.1) is 20.4 Å². The number of carboxylic acid groups (broad SMARTS) is 2. The van der Waals surface area contributed by atoms with E-state index in [-0.39, 0.29) is 0 Å². The van der Waals surface area contributed by atoms with Crippen LogP contribution < -0.4 is 10.6 Å². The summed E-state index contributed by atoms with van der Waals surface area (Å²) >= 11 is 0. The average molecular weight is 466 g/mol. The molecule has 34 heavy (non-hydrogen) atoms. The number of H-pyrrole nitrogens is 2. The molecule has 2 heterocycles. The van der Waals surface area contributed by atoms with Gasteiger partial charge in [-0.25, -0.2) is 9.59 Å². The van der Waals surface area contributed by atoms with Crippen LogP contribution in [0.1, 0.15) is 0 Å². The summed E-state index contributed by atoms with van der Waals surface area (Å²) in [6, 6.07) is 12.9. The van der Waals surface area contributed by atoms with Crippen LogP contribution >= 0.6 is 0 Å². The molecular formula is C18H14N10O6. The minimum Gasteiger partial charge on any atom is -0.474 e. The summed E-state index contributed by atoms with van der Waals surface area (Å²) in [5.74, 6) is -4.58. The topological polar surface area (TPSA) is 242 Å². The fourth-order valence-corrected chi connectivity index (χ4v) is 2.41. The molecule has 0 aliphatic rings. The fourth-order valence-electron chi connectivity index (χ4n) is 2.41. The molecular weight excluding hydrogens is 452 g/mol. The second kappa shape index (κ2) is 10.7. The van der Waals surface area contributed by atoms with Gasteiger partial charge in [0.1, 0.15) is 0 Å². The van der Waals surface area contributed by atoms with Gasteiger partial charge >= 0.3 is 23.8 Å². The average Bonchev–Trinajstić information content (AvgIpc) is 3.54. The molecule has 0 bridgehead atoms. The molecule has 0 unspecified atom stereocenters. The number of aromatic amines is 2. The number of anilines is 2. The Morgan fingerprint density at radius 2 is 1.09 bits per heavy atom. The maximum absolute atomic E-state index is 10.9. The molecule has 172 valence electrons. The Kier molecular flexibility index (Phi) is 7.25. The number of nitrogens with one attached hydrogen (secondary N) is 4. The molecule has 0 spiro atoms. The van der Waals surface area contributed by atoms with Crippen LogP contribution in [-0.4, -0.2) is 75.2 Å². The Morgan fingerprint density at radius 1 is 0.676 bits per heavy atom. The number of amides is 2. The van der Waals surface area contributed by atoms with E-state index in [1.807, 2.05) is 0 Å². The van der Waals surface area contributed by atoms with Gasteiger partial charge < -0.3 is 20.8 Å². The summed E-state index contributed by atoms with van der Waals surface area (Å²) in [6.07, 6.45) is 0. The van der Waals surface area contributed by atoms with E-state index in [4.69, 9.17) is 10.2 Å². The number of rotatable bonds is 4. The molecule has 0 saturated heterocycles. The van der Waals surface area contributed by atoms with Crippen molar-refractivity contribution >= 4 is 35.1 Å². The third kappa shape index (κ3) is 6.23. The number of tetrazole rings is 2. The Hall–Kier alpha value is -5.54. The predicted molar refractivity (Wildman–Crippen MR) is 112 cm³/mol. The van der Waals surface area contributed by atoms with Crippen LogP contribution in [0.15, 0.2) is 48.5 Å². The number of carboxylic acids is 2. The lowest BCUT2D eigenvalue weighted by Gasteiger charge is -2.02. The van der Waals surface area contributed by atoms with Gasteiger partial charge in [-0.3, -0.25) is 9.59 Å². The molecule has 2 aromatic heterocycles. The van der Waals surface area contributed by atoms with E-state index in [1.165, 1.54) is 0 Å². The predicted octanol–water partition coefficient (Wildman–Crippen LogP) is -0.220. The van der Waals surface area contributed by atoms with Gasteiger partial charge in [0.2, 0.25) is 11.6 Å². The summed E-state index contributed by atoms with van der Waals surface area (Å²) < 4.78 is 0. The van der Waals surface area contributed by atoms with E-state index >= 15 is 0 Å². The zero-order valence-electron chi connectivity index (χ0n) is 16.8. The van der Waals surface area contributed by atoms with Crippen molar-refractivity contribution < 1.29 is 29.4 Å². The van der Waals surface area contributed by atoms with Gasteiger partial charge in [-0.05, 0) is 34.7 Å². The number of carbonyl (C=O) groups is 4. The highest BCUT2D eigenvalue weighted by Crippen LogP contribution is 2.19. The van der Waals surface area contributed by atoms with Crippen molar-refractivity contribution in [3.63, 3.8) is 0 Å². The molecule has 0 saturated carbocycles. The Morgan fingerprint density at radius 3 is 1.41 bits per heavy atom. The molecule has 16 heteroatoms. The van der Waals surface area contributed by atoms with Gasteiger partial charge in [0.05, 0.1) is 0 Å². The molecule has 0 aliphatic carbocycles. The lowest BCUT2D eigenvalue weighted by Crippen LogP contribution is -2.21. The molecule has 0 aliphatic heterocycles. The molecule has 2 amide bonds. The third-order valence-electron chi connectivity index (χ3n) is 3.84. The summed E-state index contributed by atoms with van der Waals surface area (Å²) in [5, 5.41) is 47.8. The number of hydrogen-bond donors (Lipinski definition) is 6. The zero-order valence-corrected chi connectivity index (χ0v) is 16.8. The number of benzene rings is 2. The summed E-state index contributed by atoms with van der Waals surface area (Å²) in [5.41, 5.74) is 1.92. The van der Waals surface area contributed by atoms with Crippen molar-refractivity contribution in [1.29, 1.82) is 0 Å². The van der Waals surface area contributed by atoms with E-state index in [0.717, 1.165) is 0 Å². The Bertz CT molecular complexity index is 1200. The van der Waals surface area contributed by atoms with Gasteiger partial charge in [-0.2, -0.15) is 10.4 Å². The number of aromatic nitrogens is 8. The van der Waals surface area contributed by atoms with E-state index < -0.39 is 23.8 Å². The van der Waals surface area contributed by atoms with E-state index in [1.54, 1.807) is 48.5 Å². The summed E-state index contributed by atoms with van der Waals surface area (Å²) in [6.45, 7) is 0. The minimum atomic E-state index is -1.55. The Labute approximate surface area is 188 Å². The highest BCUT2D eigenvalue weighted by molar-refractivity contribution is 6.37. The van der Waals surface area contributed by atoms with Crippen molar-refractivity contribution in [2.45, 2.75) is 0 Å². The molecule has 4 rings (SSSR count). The Balaban J connectivity index is 0.000000191. The standard InChI is InChI=1S/2C9H7N5O3/c2*15-8(9(16)17)10-6-3-1-2-5(4-6)7-11-13-14-12-7/h2*1-4H,(H,10,15)(H,16,17)(H,11,12,13,14). The second-order valence-electron chi connectivity index (χ2n) is 6.15. The third-order valence-corrected chi connectivity index (χ3v) is 3.84. The molecule has 16 nitrogen and oxygen atoms in total. The first-order valence-corrected chi connectivity index (χ1v) is 9.10. The van der Waals surface area contributed by atoms with Crippen molar-refractivity contribution in [1.82, 2.24) is 41.2 Å². The number of hydrogen-bond acceptors (Lipinski definition) is 10. The first-order valence-electron chi connectivity index (χ1n) is 9.10. The van der Waals surface area contributed by atoms with Crippen LogP contribution in [0.5, 0.6) is 0 Å². The van der Waals surface area contributed by atoms with Crippen molar-refractivity contribution in [2.24, 2.45) is 0 Å². The monoisotopic (exact) mass is 466 g/mol. The normalized spacial score (nSPS) is 9.88. The van der Waals surface area contributed by atoms with Gasteiger partial charge in [0.25, 0.3) is 0 Å². The first kappa shape index (κ1) is 23.1. The van der Waals surface area contributed by atoms with Crippen LogP contribution in [0.3, 0.4) is 0 Å². The largest absolute Gasteiger partial charge is 0.474 e. The minimum absolute atomic E-state index is 0.347. The number of carbonyl (C=O) groups excluding carboxylic acids is 2. The van der Waals surface area contributed by atoms with E-state index in [0.29, 0.717) is 34.2 Å². The molecule has 6 N–H and O–H groups in total. The van der Waals surface area contributed by atoms with Crippen molar-refractivity contribution in [2.75, 3.05) is 10.6 Å². The van der Waals surface area contributed by atoms with Crippen LogP contribution in [0, 0.1) is 0 Å². The van der Waals surface area contributed by atoms with E-state index in [9.17, 15) is 19.2 Å². The lowest BCUT2D eigenvalue weighted by atomic mass is 10.2. The highest BCUT2D eigenvalue weighted by atomic mass is 16.4. The van der Waals surface area contributed by atoms with Gasteiger partial charge in [0, 0.05) is 22.5 Å².